The smallest absolute Gasteiger partial charge is 0.407 e. The molecule has 0 aromatic heterocycles. The van der Waals surface area contributed by atoms with Gasteiger partial charge in [-0.2, -0.15) is 0 Å². The zero-order chi connectivity index (χ0) is 25.0. The second kappa shape index (κ2) is 10.3. The quantitative estimate of drug-likeness (QED) is 0.545. The van der Waals surface area contributed by atoms with Crippen molar-refractivity contribution in [1.82, 2.24) is 10.6 Å². The van der Waals surface area contributed by atoms with Gasteiger partial charge in [0.1, 0.15) is 12.6 Å². The van der Waals surface area contributed by atoms with E-state index in [9.17, 15) is 19.5 Å². The van der Waals surface area contributed by atoms with E-state index in [1.807, 2.05) is 48.5 Å². The lowest BCUT2D eigenvalue weighted by molar-refractivity contribution is -0.150. The van der Waals surface area contributed by atoms with E-state index in [4.69, 9.17) is 9.47 Å². The van der Waals surface area contributed by atoms with Crippen molar-refractivity contribution < 1.29 is 29.0 Å². The fraction of sp³-hybridized carbons (Fsp3) is 0.423. The number of benzene rings is 2. The van der Waals surface area contributed by atoms with E-state index in [0.29, 0.717) is 0 Å². The van der Waals surface area contributed by atoms with E-state index in [1.54, 1.807) is 27.7 Å². The molecule has 0 heterocycles. The van der Waals surface area contributed by atoms with E-state index in [1.165, 1.54) is 6.92 Å². The van der Waals surface area contributed by atoms with Gasteiger partial charge < -0.3 is 25.2 Å². The minimum atomic E-state index is -1.27. The Morgan fingerprint density at radius 3 is 1.97 bits per heavy atom. The molecule has 0 radical (unpaired) electrons. The number of carbonyl (C=O) groups excluding carboxylic acids is 2. The van der Waals surface area contributed by atoms with E-state index < -0.39 is 41.8 Å². The number of fused-ring (bicyclic) bond motifs is 3. The number of carboxylic acid groups (broad SMARTS) is 1. The lowest BCUT2D eigenvalue weighted by atomic mass is 9.98. The van der Waals surface area contributed by atoms with E-state index >= 15 is 0 Å². The van der Waals surface area contributed by atoms with Crippen LogP contribution in [0.5, 0.6) is 0 Å². The van der Waals surface area contributed by atoms with Crippen LogP contribution < -0.4 is 10.6 Å². The summed E-state index contributed by atoms with van der Waals surface area (Å²) in [5, 5.41) is 14.4. The first kappa shape index (κ1) is 25.2. The molecule has 8 heteroatoms. The second-order valence-corrected chi connectivity index (χ2v) is 9.45. The summed E-state index contributed by atoms with van der Waals surface area (Å²) in [5.74, 6) is -1.97. The summed E-state index contributed by atoms with van der Waals surface area (Å²) in [5.41, 5.74) is 3.82. The summed E-state index contributed by atoms with van der Waals surface area (Å²) in [4.78, 5) is 36.6. The molecule has 2 amide bonds. The predicted molar refractivity (Wildman–Crippen MR) is 128 cm³/mol. The highest BCUT2D eigenvalue weighted by Gasteiger charge is 2.33. The van der Waals surface area contributed by atoms with Gasteiger partial charge in [0.15, 0.2) is 6.04 Å². The second-order valence-electron chi connectivity index (χ2n) is 9.45. The Bertz CT molecular complexity index is 1020. The van der Waals surface area contributed by atoms with Gasteiger partial charge in [0.05, 0.1) is 11.7 Å². The van der Waals surface area contributed by atoms with Crippen LogP contribution in [0.15, 0.2) is 48.5 Å². The van der Waals surface area contributed by atoms with E-state index in [-0.39, 0.29) is 12.5 Å². The van der Waals surface area contributed by atoms with Gasteiger partial charge in [0.25, 0.3) is 0 Å². The number of alkyl carbamates (subject to hydrolysis) is 1. The summed E-state index contributed by atoms with van der Waals surface area (Å²) >= 11 is 0. The lowest BCUT2D eigenvalue weighted by Gasteiger charge is -2.29. The molecule has 0 spiro atoms. The number of rotatable bonds is 8. The van der Waals surface area contributed by atoms with Crippen LogP contribution >= 0.6 is 0 Å². The fourth-order valence-corrected chi connectivity index (χ4v) is 4.17. The van der Waals surface area contributed by atoms with E-state index in [0.717, 1.165) is 22.3 Å². The van der Waals surface area contributed by atoms with Gasteiger partial charge in [-0.15, -0.1) is 0 Å². The molecule has 182 valence electrons. The number of carbonyl (C=O) groups is 3. The fourth-order valence-electron chi connectivity index (χ4n) is 4.17. The maximum Gasteiger partial charge on any atom is 0.407 e. The molecular formula is C26H32N2O6. The Labute approximate surface area is 199 Å². The van der Waals surface area contributed by atoms with Crippen LogP contribution in [0.25, 0.3) is 11.1 Å². The zero-order valence-electron chi connectivity index (χ0n) is 20.1. The van der Waals surface area contributed by atoms with Crippen molar-refractivity contribution in [2.24, 2.45) is 0 Å². The molecular weight excluding hydrogens is 436 g/mol. The summed E-state index contributed by atoms with van der Waals surface area (Å²) in [6, 6.07) is 13.7. The van der Waals surface area contributed by atoms with Gasteiger partial charge in [-0.25, -0.2) is 9.59 Å². The van der Waals surface area contributed by atoms with Crippen LogP contribution in [0, 0.1) is 0 Å². The molecule has 1 aliphatic carbocycles. The van der Waals surface area contributed by atoms with Crippen LogP contribution in [0.2, 0.25) is 0 Å². The minimum Gasteiger partial charge on any atom is -0.480 e. The molecule has 3 rings (SSSR count). The molecule has 0 saturated carbocycles. The van der Waals surface area contributed by atoms with Crippen LogP contribution in [0.3, 0.4) is 0 Å². The highest BCUT2D eigenvalue weighted by molar-refractivity contribution is 5.89. The molecule has 1 aliphatic rings. The summed E-state index contributed by atoms with van der Waals surface area (Å²) in [6.07, 6.45) is -1.53. The Balaban J connectivity index is 1.58. The maximum atomic E-state index is 12.6. The molecule has 2 aromatic rings. The molecule has 3 N–H and O–H groups in total. The van der Waals surface area contributed by atoms with Crippen molar-refractivity contribution in [2.45, 2.75) is 64.3 Å². The first-order chi connectivity index (χ1) is 16.0. The Hall–Kier alpha value is -3.39. The van der Waals surface area contributed by atoms with Crippen LogP contribution in [-0.4, -0.2) is 53.5 Å². The zero-order valence-corrected chi connectivity index (χ0v) is 20.1. The van der Waals surface area contributed by atoms with Crippen molar-refractivity contribution in [2.75, 3.05) is 6.61 Å². The van der Waals surface area contributed by atoms with Crippen molar-refractivity contribution in [3.05, 3.63) is 59.7 Å². The van der Waals surface area contributed by atoms with Crippen molar-refractivity contribution in [3.63, 3.8) is 0 Å². The van der Waals surface area contributed by atoms with Gasteiger partial charge in [0.2, 0.25) is 5.91 Å². The van der Waals surface area contributed by atoms with Crippen LogP contribution in [0.4, 0.5) is 4.79 Å². The lowest BCUT2D eigenvalue weighted by Crippen LogP contribution is -2.55. The molecule has 34 heavy (non-hydrogen) atoms. The molecule has 0 aliphatic heterocycles. The normalized spacial score (nSPS) is 15.4. The molecule has 0 saturated heterocycles. The number of ether oxygens (including phenoxy) is 2. The third-order valence-electron chi connectivity index (χ3n) is 5.64. The number of hydrogen-bond acceptors (Lipinski definition) is 5. The molecule has 8 nitrogen and oxygen atoms in total. The Morgan fingerprint density at radius 1 is 0.941 bits per heavy atom. The first-order valence-electron chi connectivity index (χ1n) is 11.3. The van der Waals surface area contributed by atoms with Crippen molar-refractivity contribution >= 4 is 18.0 Å². The highest BCUT2D eigenvalue weighted by Crippen LogP contribution is 2.44. The maximum absolute atomic E-state index is 12.6. The standard InChI is InChI=1S/C26H32N2O6/c1-15(23(29)28-22(24(30)31)16(2)34-26(3,4)5)27-25(32)33-14-21-19-12-8-6-10-17(19)18-11-7-9-13-20(18)21/h6-13,15-16,21-22H,14H2,1-5H3,(H,27,32)(H,28,29)(H,30,31)/t15-,16+,22-/m0/s1. The largest absolute Gasteiger partial charge is 0.480 e. The van der Waals surface area contributed by atoms with Gasteiger partial charge in [0, 0.05) is 5.92 Å². The minimum absolute atomic E-state index is 0.103. The summed E-state index contributed by atoms with van der Waals surface area (Å²) in [6.45, 7) is 8.55. The van der Waals surface area contributed by atoms with E-state index in [2.05, 4.69) is 10.6 Å². The number of carboxylic acids is 1. The number of nitrogens with one attached hydrogen (secondary N) is 2. The van der Waals surface area contributed by atoms with Crippen molar-refractivity contribution in [1.29, 1.82) is 0 Å². The van der Waals surface area contributed by atoms with Gasteiger partial charge in [-0.3, -0.25) is 4.79 Å². The topological polar surface area (TPSA) is 114 Å². The van der Waals surface area contributed by atoms with Gasteiger partial charge in [-0.05, 0) is 56.9 Å². The van der Waals surface area contributed by atoms with Gasteiger partial charge in [-0.1, -0.05) is 48.5 Å². The first-order valence-corrected chi connectivity index (χ1v) is 11.3. The van der Waals surface area contributed by atoms with Crippen LogP contribution in [-0.2, 0) is 19.1 Å². The average molecular weight is 469 g/mol. The number of amides is 2. The molecule has 0 fully saturated rings. The molecule has 0 bridgehead atoms. The van der Waals surface area contributed by atoms with Crippen LogP contribution in [0.1, 0.15) is 51.7 Å². The monoisotopic (exact) mass is 468 g/mol. The van der Waals surface area contributed by atoms with Gasteiger partial charge >= 0.3 is 12.1 Å². The highest BCUT2D eigenvalue weighted by atomic mass is 16.5. The Morgan fingerprint density at radius 2 is 1.47 bits per heavy atom. The predicted octanol–water partition coefficient (Wildman–Crippen LogP) is 3.69. The molecule has 2 aromatic carbocycles. The summed E-state index contributed by atoms with van der Waals surface area (Å²) < 4.78 is 11.1. The summed E-state index contributed by atoms with van der Waals surface area (Å²) in [7, 11) is 0. The third-order valence-corrected chi connectivity index (χ3v) is 5.64. The Kier molecular flexibility index (Phi) is 7.61. The SMILES string of the molecule is C[C@H](NC(=O)OCC1c2ccccc2-c2ccccc21)C(=O)N[C@H](C(=O)O)[C@@H](C)OC(C)(C)C. The average Bonchev–Trinajstić information content (AvgIpc) is 3.08. The number of aliphatic carboxylic acids is 1. The van der Waals surface area contributed by atoms with Crippen molar-refractivity contribution in [3.8, 4) is 11.1 Å². The number of hydrogen-bond donors (Lipinski definition) is 3. The molecule has 3 atom stereocenters. The molecule has 0 unspecified atom stereocenters. The third kappa shape index (κ3) is 5.94.